The number of pyridine rings is 1. The normalized spacial score (nSPS) is 11.8. The smallest absolute Gasteiger partial charge is 0.322 e. The molecule has 3 aromatic rings. The van der Waals surface area contributed by atoms with Crippen molar-refractivity contribution in [3.05, 3.63) is 64.8 Å². The lowest BCUT2D eigenvalue weighted by Gasteiger charge is -2.14. The molecule has 2 N–H and O–H groups in total. The summed E-state index contributed by atoms with van der Waals surface area (Å²) < 4.78 is 4.70. The van der Waals surface area contributed by atoms with Crippen molar-refractivity contribution in [2.24, 2.45) is 5.73 Å². The average Bonchev–Trinajstić information content (AvgIpc) is 2.67. The van der Waals surface area contributed by atoms with Gasteiger partial charge in [0.2, 0.25) is 0 Å². The number of hydrogen-bond donors (Lipinski definition) is 1. The second-order valence-corrected chi connectivity index (χ2v) is 6.22. The molecule has 0 saturated heterocycles. The molecule has 3 rings (SSSR count). The molecule has 0 unspecified atom stereocenters. The number of esters is 1. The Labute approximate surface area is 156 Å². The molecule has 0 fully saturated rings. The molecule has 0 aliphatic rings. The number of aromatic nitrogens is 1. The number of nitriles is 1. The van der Waals surface area contributed by atoms with E-state index in [2.05, 4.69) is 11.1 Å². The van der Waals surface area contributed by atoms with Crippen LogP contribution in [0, 0.1) is 11.3 Å². The van der Waals surface area contributed by atoms with Crippen LogP contribution in [0.5, 0.6) is 0 Å². The van der Waals surface area contributed by atoms with Crippen LogP contribution in [0.1, 0.15) is 11.1 Å². The Kier molecular flexibility index (Phi) is 5.17. The van der Waals surface area contributed by atoms with Crippen LogP contribution in [0.25, 0.3) is 22.0 Å². The number of carbonyl (C=O) groups excluding carboxylic acids is 1. The van der Waals surface area contributed by atoms with Gasteiger partial charge in [-0.1, -0.05) is 35.9 Å². The topological polar surface area (TPSA) is 89.0 Å². The summed E-state index contributed by atoms with van der Waals surface area (Å²) in [6, 6.07) is 14.1. The van der Waals surface area contributed by atoms with Gasteiger partial charge in [0, 0.05) is 27.7 Å². The van der Waals surface area contributed by atoms with E-state index in [0.29, 0.717) is 17.0 Å². The van der Waals surface area contributed by atoms with E-state index in [1.54, 1.807) is 18.3 Å². The van der Waals surface area contributed by atoms with E-state index in [9.17, 15) is 4.79 Å². The number of methoxy groups -OCH3 is 1. The van der Waals surface area contributed by atoms with Gasteiger partial charge < -0.3 is 10.5 Å². The van der Waals surface area contributed by atoms with E-state index in [1.807, 2.05) is 30.3 Å². The van der Waals surface area contributed by atoms with Crippen molar-refractivity contribution in [1.29, 1.82) is 5.26 Å². The van der Waals surface area contributed by atoms with Gasteiger partial charge in [0.1, 0.15) is 6.04 Å². The highest BCUT2D eigenvalue weighted by Crippen LogP contribution is 2.34. The number of nitrogens with zero attached hydrogens (tertiary/aromatic N) is 2. The Morgan fingerprint density at radius 3 is 2.77 bits per heavy atom. The monoisotopic (exact) mass is 365 g/mol. The van der Waals surface area contributed by atoms with Gasteiger partial charge in [-0.05, 0) is 30.2 Å². The van der Waals surface area contributed by atoms with Crippen molar-refractivity contribution >= 4 is 28.5 Å². The fourth-order valence-corrected chi connectivity index (χ4v) is 3.18. The molecular formula is C20H16ClN3O2. The third kappa shape index (κ3) is 3.38. The predicted octanol–water partition coefficient (Wildman–Crippen LogP) is 3.47. The summed E-state index contributed by atoms with van der Waals surface area (Å²) in [7, 11) is 1.32. The van der Waals surface area contributed by atoms with E-state index in [0.717, 1.165) is 27.6 Å². The summed E-state index contributed by atoms with van der Waals surface area (Å²) in [5, 5.41) is 10.4. The molecule has 130 valence electrons. The summed E-state index contributed by atoms with van der Waals surface area (Å²) in [5.74, 6) is -0.457. The maximum atomic E-state index is 11.6. The highest BCUT2D eigenvalue weighted by molar-refractivity contribution is 6.33. The summed E-state index contributed by atoms with van der Waals surface area (Å²) in [6.07, 6.45) is 2.05. The molecule has 6 heteroatoms. The van der Waals surface area contributed by atoms with E-state index in [4.69, 9.17) is 27.3 Å². The van der Waals surface area contributed by atoms with Crippen LogP contribution in [0.4, 0.5) is 0 Å². The van der Waals surface area contributed by atoms with Crippen LogP contribution in [0.2, 0.25) is 5.02 Å². The SMILES string of the molecule is COC(=O)[C@@H](N)Cc1ccc(-c2ccc(C#N)cc2Cl)c2ncccc12. The summed E-state index contributed by atoms with van der Waals surface area (Å²) in [5.41, 5.74) is 9.71. The van der Waals surface area contributed by atoms with Gasteiger partial charge >= 0.3 is 5.97 Å². The van der Waals surface area contributed by atoms with Crippen molar-refractivity contribution in [3.63, 3.8) is 0 Å². The Bertz CT molecular complexity index is 1030. The standard InChI is InChI=1S/C20H16ClN3O2/c1-26-20(25)18(23)10-13-5-7-16(19-14(13)3-2-8-24-19)15-6-4-12(11-22)9-17(15)21/h2-9,18H,10,23H2,1H3/t18-/m0/s1. The molecule has 26 heavy (non-hydrogen) atoms. The molecule has 0 saturated carbocycles. The molecule has 0 amide bonds. The maximum Gasteiger partial charge on any atom is 0.322 e. The van der Waals surface area contributed by atoms with Gasteiger partial charge in [0.25, 0.3) is 0 Å². The minimum absolute atomic E-state index is 0.344. The van der Waals surface area contributed by atoms with E-state index in [-0.39, 0.29) is 0 Å². The second kappa shape index (κ2) is 7.52. The van der Waals surface area contributed by atoms with Gasteiger partial charge in [-0.2, -0.15) is 5.26 Å². The molecule has 1 heterocycles. The Morgan fingerprint density at radius 1 is 1.31 bits per heavy atom. The third-order valence-electron chi connectivity index (χ3n) is 4.19. The number of hydrogen-bond acceptors (Lipinski definition) is 5. The lowest BCUT2D eigenvalue weighted by molar-refractivity contribution is -0.142. The molecule has 0 radical (unpaired) electrons. The summed E-state index contributed by atoms with van der Waals surface area (Å²) >= 11 is 6.37. The number of nitrogens with two attached hydrogens (primary N) is 1. The van der Waals surface area contributed by atoms with Crippen LogP contribution in [-0.4, -0.2) is 24.1 Å². The zero-order valence-corrected chi connectivity index (χ0v) is 14.8. The fourth-order valence-electron chi connectivity index (χ4n) is 2.90. The van der Waals surface area contributed by atoms with Crippen molar-refractivity contribution < 1.29 is 9.53 Å². The first kappa shape index (κ1) is 17.9. The molecule has 0 spiro atoms. The van der Waals surface area contributed by atoms with E-state index < -0.39 is 12.0 Å². The molecule has 1 atom stereocenters. The zero-order chi connectivity index (χ0) is 18.7. The van der Waals surface area contributed by atoms with E-state index >= 15 is 0 Å². The highest BCUT2D eigenvalue weighted by Gasteiger charge is 2.18. The number of ether oxygens (including phenoxy) is 1. The highest BCUT2D eigenvalue weighted by atomic mass is 35.5. The summed E-state index contributed by atoms with van der Waals surface area (Å²) in [4.78, 5) is 16.1. The zero-order valence-electron chi connectivity index (χ0n) is 14.1. The van der Waals surface area contributed by atoms with Crippen LogP contribution in [-0.2, 0) is 16.0 Å². The number of halogens is 1. The van der Waals surface area contributed by atoms with Crippen LogP contribution < -0.4 is 5.73 Å². The van der Waals surface area contributed by atoms with Gasteiger partial charge in [0.05, 0.1) is 24.3 Å². The van der Waals surface area contributed by atoms with Crippen molar-refractivity contribution in [3.8, 4) is 17.2 Å². The number of rotatable bonds is 4. The second-order valence-electron chi connectivity index (χ2n) is 5.81. The molecular weight excluding hydrogens is 350 g/mol. The van der Waals surface area contributed by atoms with Gasteiger partial charge in [-0.15, -0.1) is 0 Å². The number of benzene rings is 2. The van der Waals surface area contributed by atoms with Gasteiger partial charge in [0.15, 0.2) is 0 Å². The van der Waals surface area contributed by atoms with Crippen LogP contribution >= 0.6 is 11.6 Å². The first-order chi connectivity index (χ1) is 12.5. The maximum absolute atomic E-state index is 11.6. The van der Waals surface area contributed by atoms with Gasteiger partial charge in [-0.25, -0.2) is 0 Å². The third-order valence-corrected chi connectivity index (χ3v) is 4.50. The minimum atomic E-state index is -0.743. The minimum Gasteiger partial charge on any atom is -0.468 e. The molecule has 1 aromatic heterocycles. The molecule has 0 bridgehead atoms. The fraction of sp³-hybridized carbons (Fsp3) is 0.150. The van der Waals surface area contributed by atoms with Gasteiger partial charge in [-0.3, -0.25) is 9.78 Å². The lowest BCUT2D eigenvalue weighted by Crippen LogP contribution is -2.33. The predicted molar refractivity (Wildman–Crippen MR) is 101 cm³/mol. The van der Waals surface area contributed by atoms with Crippen molar-refractivity contribution in [2.75, 3.05) is 7.11 Å². The van der Waals surface area contributed by atoms with Crippen molar-refractivity contribution in [1.82, 2.24) is 4.98 Å². The van der Waals surface area contributed by atoms with Crippen LogP contribution in [0.3, 0.4) is 0 Å². The lowest BCUT2D eigenvalue weighted by atomic mass is 9.95. The van der Waals surface area contributed by atoms with Crippen molar-refractivity contribution in [2.45, 2.75) is 12.5 Å². The molecule has 5 nitrogen and oxygen atoms in total. The Morgan fingerprint density at radius 2 is 2.08 bits per heavy atom. The Balaban J connectivity index is 2.12. The quantitative estimate of drug-likeness (QED) is 0.715. The van der Waals surface area contributed by atoms with Crippen LogP contribution in [0.15, 0.2) is 48.7 Å². The Hall–Kier alpha value is -2.94. The molecule has 0 aliphatic heterocycles. The first-order valence-electron chi connectivity index (χ1n) is 7.95. The number of carbonyl (C=O) groups is 1. The molecule has 0 aliphatic carbocycles. The summed E-state index contributed by atoms with van der Waals surface area (Å²) in [6.45, 7) is 0. The largest absolute Gasteiger partial charge is 0.468 e. The first-order valence-corrected chi connectivity index (χ1v) is 8.33. The van der Waals surface area contributed by atoms with E-state index in [1.165, 1.54) is 7.11 Å². The number of fused-ring (bicyclic) bond motifs is 1. The average molecular weight is 366 g/mol. The molecule has 2 aromatic carbocycles.